The lowest BCUT2D eigenvalue weighted by Crippen LogP contribution is -2.24. The SMILES string of the molecule is CCCc1ccc(-c2csc(NC(=O)Cc3nn(C)c(=O)c4ccccc34)n2)cc1. The number of aryl methyl sites for hydroxylation is 2. The monoisotopic (exact) mass is 418 g/mol. The van der Waals surface area contributed by atoms with Crippen molar-refractivity contribution in [3.63, 3.8) is 0 Å². The third-order valence-corrected chi connectivity index (χ3v) is 5.66. The van der Waals surface area contributed by atoms with Crippen LogP contribution in [-0.4, -0.2) is 20.7 Å². The van der Waals surface area contributed by atoms with E-state index in [0.717, 1.165) is 24.1 Å². The van der Waals surface area contributed by atoms with Crippen LogP contribution >= 0.6 is 11.3 Å². The summed E-state index contributed by atoms with van der Waals surface area (Å²) in [6.07, 6.45) is 2.24. The number of rotatable bonds is 6. The molecule has 0 saturated heterocycles. The Hall–Kier alpha value is -3.32. The number of carbonyl (C=O) groups is 1. The zero-order valence-corrected chi connectivity index (χ0v) is 17.7. The van der Waals surface area contributed by atoms with Gasteiger partial charge in [0.15, 0.2) is 5.13 Å². The highest BCUT2D eigenvalue weighted by atomic mass is 32.1. The molecule has 0 aliphatic carbocycles. The molecule has 152 valence electrons. The number of nitrogens with zero attached hydrogens (tertiary/aromatic N) is 3. The summed E-state index contributed by atoms with van der Waals surface area (Å²) >= 11 is 1.39. The van der Waals surface area contributed by atoms with Crippen LogP contribution in [0.25, 0.3) is 22.0 Å². The van der Waals surface area contributed by atoms with E-state index in [1.165, 1.54) is 21.6 Å². The van der Waals surface area contributed by atoms with E-state index >= 15 is 0 Å². The Labute approximate surface area is 178 Å². The second-order valence-electron chi connectivity index (χ2n) is 7.13. The van der Waals surface area contributed by atoms with Gasteiger partial charge in [-0.15, -0.1) is 11.3 Å². The number of aromatic nitrogens is 3. The second kappa shape index (κ2) is 8.59. The first-order valence-corrected chi connectivity index (χ1v) is 10.7. The minimum Gasteiger partial charge on any atom is -0.302 e. The summed E-state index contributed by atoms with van der Waals surface area (Å²) in [5, 5.41) is 10.9. The Balaban J connectivity index is 1.50. The first-order valence-electron chi connectivity index (χ1n) is 9.84. The predicted octanol–water partition coefficient (Wildman–Crippen LogP) is 4.19. The molecular formula is C23H22N4O2S. The Morgan fingerprint density at radius 3 is 2.57 bits per heavy atom. The van der Waals surface area contributed by atoms with Crippen molar-refractivity contribution in [2.75, 3.05) is 5.32 Å². The van der Waals surface area contributed by atoms with Crippen molar-refractivity contribution in [1.29, 1.82) is 0 Å². The fourth-order valence-electron chi connectivity index (χ4n) is 3.42. The number of amides is 1. The van der Waals surface area contributed by atoms with Crippen LogP contribution in [0.15, 0.2) is 58.7 Å². The molecule has 4 aromatic rings. The van der Waals surface area contributed by atoms with E-state index in [1.54, 1.807) is 19.2 Å². The number of hydrogen-bond acceptors (Lipinski definition) is 5. The highest BCUT2D eigenvalue weighted by Gasteiger charge is 2.14. The molecule has 0 spiro atoms. The van der Waals surface area contributed by atoms with Crippen molar-refractivity contribution < 1.29 is 4.79 Å². The topological polar surface area (TPSA) is 76.9 Å². The van der Waals surface area contributed by atoms with Crippen LogP contribution in [-0.2, 0) is 24.7 Å². The molecular weight excluding hydrogens is 396 g/mol. The largest absolute Gasteiger partial charge is 0.302 e. The minimum absolute atomic E-state index is 0.0647. The first kappa shape index (κ1) is 20.0. The number of thiazole rings is 1. The molecule has 0 unspecified atom stereocenters. The van der Waals surface area contributed by atoms with E-state index in [9.17, 15) is 9.59 Å². The number of nitrogens with one attached hydrogen (secondary N) is 1. The van der Waals surface area contributed by atoms with E-state index in [2.05, 4.69) is 46.6 Å². The molecule has 0 radical (unpaired) electrons. The van der Waals surface area contributed by atoms with Gasteiger partial charge in [-0.1, -0.05) is 55.8 Å². The maximum Gasteiger partial charge on any atom is 0.274 e. The van der Waals surface area contributed by atoms with E-state index in [-0.39, 0.29) is 17.9 Å². The van der Waals surface area contributed by atoms with Crippen molar-refractivity contribution in [2.45, 2.75) is 26.2 Å². The molecule has 2 aromatic heterocycles. The molecule has 6 nitrogen and oxygen atoms in total. The normalized spacial score (nSPS) is 11.0. The van der Waals surface area contributed by atoms with Gasteiger partial charge < -0.3 is 5.32 Å². The standard InChI is InChI=1S/C23H22N4O2S/c1-3-6-15-9-11-16(12-10-15)20-14-30-23(24-20)25-21(28)13-19-17-7-4-5-8-18(17)22(29)27(2)26-19/h4-5,7-12,14H,3,6,13H2,1-2H3,(H,24,25,28). The Kier molecular flexibility index (Phi) is 5.72. The van der Waals surface area contributed by atoms with Gasteiger partial charge in [0.25, 0.3) is 5.56 Å². The molecule has 0 saturated carbocycles. The molecule has 0 atom stereocenters. The maximum absolute atomic E-state index is 12.6. The third kappa shape index (κ3) is 4.16. The fourth-order valence-corrected chi connectivity index (χ4v) is 4.15. The van der Waals surface area contributed by atoms with Crippen LogP contribution in [0.5, 0.6) is 0 Å². The van der Waals surface area contributed by atoms with Crippen molar-refractivity contribution in [2.24, 2.45) is 7.05 Å². The summed E-state index contributed by atoms with van der Waals surface area (Å²) in [4.78, 5) is 29.4. The summed E-state index contributed by atoms with van der Waals surface area (Å²) in [6.45, 7) is 2.16. The van der Waals surface area contributed by atoms with Crippen LogP contribution in [0.3, 0.4) is 0 Å². The van der Waals surface area contributed by atoms with Crippen LogP contribution in [0.4, 0.5) is 5.13 Å². The molecule has 0 fully saturated rings. The van der Waals surface area contributed by atoms with Crippen molar-refractivity contribution in [3.05, 3.63) is 75.5 Å². The highest BCUT2D eigenvalue weighted by Crippen LogP contribution is 2.25. The average molecular weight is 419 g/mol. The van der Waals surface area contributed by atoms with Gasteiger partial charge in [0, 0.05) is 23.4 Å². The Morgan fingerprint density at radius 2 is 1.83 bits per heavy atom. The van der Waals surface area contributed by atoms with E-state index in [1.807, 2.05) is 17.5 Å². The Morgan fingerprint density at radius 1 is 1.10 bits per heavy atom. The summed E-state index contributed by atoms with van der Waals surface area (Å²) < 4.78 is 1.27. The number of fused-ring (bicyclic) bond motifs is 1. The van der Waals surface area contributed by atoms with Gasteiger partial charge in [-0.05, 0) is 18.1 Å². The van der Waals surface area contributed by atoms with Gasteiger partial charge in [0.05, 0.1) is 23.2 Å². The molecule has 2 heterocycles. The van der Waals surface area contributed by atoms with Gasteiger partial charge in [0.1, 0.15) is 0 Å². The lowest BCUT2D eigenvalue weighted by Gasteiger charge is -2.07. The molecule has 7 heteroatoms. The van der Waals surface area contributed by atoms with Crippen LogP contribution in [0, 0.1) is 0 Å². The molecule has 30 heavy (non-hydrogen) atoms. The van der Waals surface area contributed by atoms with Crippen molar-refractivity contribution in [3.8, 4) is 11.3 Å². The van der Waals surface area contributed by atoms with E-state index in [4.69, 9.17) is 0 Å². The zero-order valence-electron chi connectivity index (χ0n) is 16.9. The summed E-state index contributed by atoms with van der Waals surface area (Å²) in [5.74, 6) is -0.217. The van der Waals surface area contributed by atoms with Gasteiger partial charge >= 0.3 is 0 Å². The highest BCUT2D eigenvalue weighted by molar-refractivity contribution is 7.14. The summed E-state index contributed by atoms with van der Waals surface area (Å²) in [6, 6.07) is 15.6. The van der Waals surface area contributed by atoms with Crippen molar-refractivity contribution >= 4 is 33.1 Å². The molecule has 1 N–H and O–H groups in total. The third-order valence-electron chi connectivity index (χ3n) is 4.90. The summed E-state index contributed by atoms with van der Waals surface area (Å²) in [5.41, 5.74) is 3.56. The van der Waals surface area contributed by atoms with Gasteiger partial charge in [-0.25, -0.2) is 9.67 Å². The van der Waals surface area contributed by atoms with E-state index < -0.39 is 0 Å². The fraction of sp³-hybridized carbons (Fsp3) is 0.217. The number of anilines is 1. The van der Waals surface area contributed by atoms with Crippen molar-refractivity contribution in [1.82, 2.24) is 14.8 Å². The molecule has 0 aliphatic rings. The minimum atomic E-state index is -0.217. The van der Waals surface area contributed by atoms with Gasteiger partial charge in [-0.3, -0.25) is 9.59 Å². The zero-order chi connectivity index (χ0) is 21.1. The molecule has 0 aliphatic heterocycles. The molecule has 4 rings (SSSR count). The van der Waals surface area contributed by atoms with E-state index in [0.29, 0.717) is 21.6 Å². The summed E-state index contributed by atoms with van der Waals surface area (Å²) in [7, 11) is 1.59. The molecule has 1 amide bonds. The van der Waals surface area contributed by atoms with Gasteiger partial charge in [0.2, 0.25) is 5.91 Å². The predicted molar refractivity (Wildman–Crippen MR) is 121 cm³/mol. The second-order valence-corrected chi connectivity index (χ2v) is 7.99. The maximum atomic E-state index is 12.6. The van der Waals surface area contributed by atoms with Crippen LogP contribution in [0.2, 0.25) is 0 Å². The quantitative estimate of drug-likeness (QED) is 0.509. The van der Waals surface area contributed by atoms with Gasteiger partial charge in [-0.2, -0.15) is 5.10 Å². The lowest BCUT2D eigenvalue weighted by molar-refractivity contribution is -0.115. The number of carbonyl (C=O) groups excluding carboxylic acids is 1. The average Bonchev–Trinajstić information content (AvgIpc) is 3.21. The van der Waals surface area contributed by atoms with Crippen LogP contribution in [0.1, 0.15) is 24.6 Å². The van der Waals surface area contributed by atoms with Crippen LogP contribution < -0.4 is 10.9 Å². The number of benzene rings is 2. The Bertz CT molecular complexity index is 1260. The smallest absolute Gasteiger partial charge is 0.274 e. The number of hydrogen-bond donors (Lipinski definition) is 1. The first-order chi connectivity index (χ1) is 14.5. The molecule has 0 bridgehead atoms. The molecule has 2 aromatic carbocycles. The lowest BCUT2D eigenvalue weighted by atomic mass is 10.1.